The van der Waals surface area contributed by atoms with Crippen molar-refractivity contribution in [2.75, 3.05) is 36.0 Å². The molecule has 1 saturated carbocycles. The maximum Gasteiger partial charge on any atom is 0.322 e. The van der Waals surface area contributed by atoms with Gasteiger partial charge < -0.3 is 14.8 Å². The highest BCUT2D eigenvalue weighted by atomic mass is 16.2. The van der Waals surface area contributed by atoms with E-state index >= 15 is 0 Å². The van der Waals surface area contributed by atoms with E-state index in [1.165, 1.54) is 12.8 Å². The van der Waals surface area contributed by atoms with Crippen LogP contribution in [0.4, 0.5) is 16.3 Å². The number of amides is 2. The van der Waals surface area contributed by atoms with Crippen LogP contribution < -0.4 is 20.7 Å². The minimum atomic E-state index is -0.0792. The predicted molar refractivity (Wildman–Crippen MR) is 95.4 cm³/mol. The van der Waals surface area contributed by atoms with Gasteiger partial charge in [0.1, 0.15) is 0 Å². The van der Waals surface area contributed by atoms with Crippen LogP contribution in [-0.4, -0.2) is 51.5 Å². The summed E-state index contributed by atoms with van der Waals surface area (Å²) in [7, 11) is 0. The summed E-state index contributed by atoms with van der Waals surface area (Å²) in [4.78, 5) is 32.3. The van der Waals surface area contributed by atoms with E-state index in [-0.39, 0.29) is 17.6 Å². The molecule has 2 amide bonds. The number of nitrogens with zero attached hydrogens (tertiary/aromatic N) is 6. The summed E-state index contributed by atoms with van der Waals surface area (Å²) >= 11 is 0. The van der Waals surface area contributed by atoms with Crippen LogP contribution in [0.15, 0.2) is 29.6 Å². The third-order valence-corrected chi connectivity index (χ3v) is 5.34. The summed E-state index contributed by atoms with van der Waals surface area (Å²) < 4.78 is 3.66. The molecule has 0 unspecified atom stereocenters. The van der Waals surface area contributed by atoms with Gasteiger partial charge in [-0.3, -0.25) is 14.4 Å². The molecule has 2 aromatic heterocycles. The van der Waals surface area contributed by atoms with Crippen molar-refractivity contribution >= 4 is 17.5 Å². The zero-order valence-electron chi connectivity index (χ0n) is 14.4. The summed E-state index contributed by atoms with van der Waals surface area (Å²) in [6.07, 6.45) is 9.54. The van der Waals surface area contributed by atoms with Gasteiger partial charge in [0.05, 0.1) is 17.9 Å². The van der Waals surface area contributed by atoms with Gasteiger partial charge in [-0.05, 0) is 18.8 Å². The van der Waals surface area contributed by atoms with E-state index in [4.69, 9.17) is 0 Å². The van der Waals surface area contributed by atoms with Gasteiger partial charge in [-0.2, -0.15) is 5.10 Å². The van der Waals surface area contributed by atoms with E-state index in [1.54, 1.807) is 28.1 Å². The van der Waals surface area contributed by atoms with Crippen molar-refractivity contribution < 1.29 is 4.79 Å². The molecule has 1 N–H and O–H groups in total. The maximum absolute atomic E-state index is 12.6. The summed E-state index contributed by atoms with van der Waals surface area (Å²) in [5.74, 6) is 1.17. The quantitative estimate of drug-likeness (QED) is 0.841. The molecular formula is C17H21N7O2. The van der Waals surface area contributed by atoms with Gasteiger partial charge in [-0.15, -0.1) is 0 Å². The van der Waals surface area contributed by atoms with E-state index in [0.717, 1.165) is 12.2 Å². The Morgan fingerprint density at radius 2 is 2.08 bits per heavy atom. The molecule has 3 aliphatic rings. The van der Waals surface area contributed by atoms with E-state index in [0.29, 0.717) is 37.9 Å². The molecule has 9 heteroatoms. The second-order valence-corrected chi connectivity index (χ2v) is 7.27. The lowest BCUT2D eigenvalue weighted by Gasteiger charge is -2.39. The number of nitrogens with one attached hydrogen (secondary N) is 1. The summed E-state index contributed by atoms with van der Waals surface area (Å²) in [5.41, 5.74) is 0.802. The Balaban J connectivity index is 1.27. The van der Waals surface area contributed by atoms with Crippen LogP contribution in [0.25, 0.3) is 0 Å². The molecule has 0 atom stereocenters. The standard InChI is InChI=1S/C17H21N7O2/c25-16-15(18-3-5-21(16)8-12-1-2-12)22-9-14(10-22)24-11-13(7-20-24)23-6-4-19-17(23)26/h3,5,7,11-12,14H,1-2,4,6,8-10H2,(H,19,26). The minimum Gasteiger partial charge on any atom is -0.348 e. The largest absolute Gasteiger partial charge is 0.348 e. The van der Waals surface area contributed by atoms with Crippen molar-refractivity contribution in [2.24, 2.45) is 5.92 Å². The van der Waals surface area contributed by atoms with Crippen molar-refractivity contribution in [2.45, 2.75) is 25.4 Å². The maximum atomic E-state index is 12.6. The van der Waals surface area contributed by atoms with Crippen molar-refractivity contribution in [1.29, 1.82) is 0 Å². The molecule has 4 heterocycles. The Morgan fingerprint density at radius 1 is 1.23 bits per heavy atom. The van der Waals surface area contributed by atoms with Crippen molar-refractivity contribution in [3.8, 4) is 0 Å². The number of aromatic nitrogens is 4. The second-order valence-electron chi connectivity index (χ2n) is 7.27. The van der Waals surface area contributed by atoms with Gasteiger partial charge in [-0.25, -0.2) is 9.78 Å². The monoisotopic (exact) mass is 355 g/mol. The van der Waals surface area contributed by atoms with Crippen molar-refractivity contribution in [3.63, 3.8) is 0 Å². The number of hydrogen-bond acceptors (Lipinski definition) is 5. The normalized spacial score (nSPS) is 20.4. The van der Waals surface area contributed by atoms with Gasteiger partial charge in [0, 0.05) is 51.3 Å². The fraction of sp³-hybridized carbons (Fsp3) is 0.529. The molecule has 9 nitrogen and oxygen atoms in total. The van der Waals surface area contributed by atoms with Crippen LogP contribution in [0, 0.1) is 5.92 Å². The molecule has 2 saturated heterocycles. The van der Waals surface area contributed by atoms with Crippen LogP contribution >= 0.6 is 0 Å². The SMILES string of the molecule is O=C1NCCN1c1cnn(C2CN(c3nccn(CC4CC4)c3=O)C2)c1. The first kappa shape index (κ1) is 15.4. The van der Waals surface area contributed by atoms with Gasteiger partial charge in [0.15, 0.2) is 5.82 Å². The first-order valence-electron chi connectivity index (χ1n) is 9.09. The highest BCUT2D eigenvalue weighted by molar-refractivity contribution is 5.93. The molecule has 0 radical (unpaired) electrons. The fourth-order valence-electron chi connectivity index (χ4n) is 3.56. The number of hydrogen-bond donors (Lipinski definition) is 1. The minimum absolute atomic E-state index is 0.00672. The summed E-state index contributed by atoms with van der Waals surface area (Å²) in [6, 6.07) is 0.109. The van der Waals surface area contributed by atoms with E-state index < -0.39 is 0 Å². The topological polar surface area (TPSA) is 88.3 Å². The smallest absolute Gasteiger partial charge is 0.322 e. The van der Waals surface area contributed by atoms with E-state index in [9.17, 15) is 9.59 Å². The van der Waals surface area contributed by atoms with Gasteiger partial charge in [0.2, 0.25) is 0 Å². The summed E-state index contributed by atoms with van der Waals surface area (Å²) in [6.45, 7) is 3.52. The molecule has 26 heavy (non-hydrogen) atoms. The van der Waals surface area contributed by atoms with Gasteiger partial charge in [-0.1, -0.05) is 0 Å². The molecule has 0 aromatic carbocycles. The molecule has 1 aliphatic carbocycles. The average Bonchev–Trinajstić information content (AvgIpc) is 3.10. The number of carbonyl (C=O) groups is 1. The molecule has 0 spiro atoms. The Labute approximate surface area is 150 Å². The van der Waals surface area contributed by atoms with Crippen LogP contribution in [0.5, 0.6) is 0 Å². The molecule has 0 bridgehead atoms. The van der Waals surface area contributed by atoms with Crippen LogP contribution in [-0.2, 0) is 6.54 Å². The lowest BCUT2D eigenvalue weighted by atomic mass is 10.1. The highest BCUT2D eigenvalue weighted by Crippen LogP contribution is 2.30. The molecule has 2 aromatic rings. The Morgan fingerprint density at radius 3 is 2.81 bits per heavy atom. The lowest BCUT2D eigenvalue weighted by molar-refractivity contribution is 0.252. The van der Waals surface area contributed by atoms with Gasteiger partial charge in [0.25, 0.3) is 5.56 Å². The zero-order valence-corrected chi connectivity index (χ0v) is 14.4. The van der Waals surface area contributed by atoms with Crippen molar-refractivity contribution in [3.05, 3.63) is 35.1 Å². The van der Waals surface area contributed by atoms with Crippen molar-refractivity contribution in [1.82, 2.24) is 24.6 Å². The second kappa shape index (κ2) is 5.86. The number of urea groups is 1. The lowest BCUT2D eigenvalue weighted by Crippen LogP contribution is -2.50. The molecule has 136 valence electrons. The van der Waals surface area contributed by atoms with E-state index in [1.807, 2.05) is 15.8 Å². The molecule has 2 aliphatic heterocycles. The summed E-state index contributed by atoms with van der Waals surface area (Å²) in [5, 5.41) is 7.19. The van der Waals surface area contributed by atoms with Crippen LogP contribution in [0.1, 0.15) is 18.9 Å². The third kappa shape index (κ3) is 2.63. The number of anilines is 2. The zero-order chi connectivity index (χ0) is 17.7. The highest BCUT2D eigenvalue weighted by Gasteiger charge is 2.33. The first-order valence-corrected chi connectivity index (χ1v) is 9.09. The molecule has 5 rings (SSSR count). The first-order chi connectivity index (χ1) is 12.7. The van der Waals surface area contributed by atoms with E-state index in [2.05, 4.69) is 15.4 Å². The molecule has 3 fully saturated rings. The van der Waals surface area contributed by atoms with Crippen LogP contribution in [0.2, 0.25) is 0 Å². The molecular weight excluding hydrogens is 334 g/mol. The predicted octanol–water partition coefficient (Wildman–Crippen LogP) is 0.441. The third-order valence-electron chi connectivity index (χ3n) is 5.34. The average molecular weight is 355 g/mol. The Bertz CT molecular complexity index is 895. The van der Waals surface area contributed by atoms with Crippen LogP contribution in [0.3, 0.4) is 0 Å². The fourth-order valence-corrected chi connectivity index (χ4v) is 3.56. The van der Waals surface area contributed by atoms with Gasteiger partial charge >= 0.3 is 6.03 Å². The Kier molecular flexibility index (Phi) is 3.47. The number of carbonyl (C=O) groups excluding carboxylic acids is 1. The number of rotatable bonds is 5. The Hall–Kier alpha value is -2.84.